The van der Waals surface area contributed by atoms with Crippen molar-refractivity contribution in [1.29, 1.82) is 0 Å². The minimum absolute atomic E-state index is 0.221. The minimum Gasteiger partial charge on any atom is -0.463 e. The first-order valence-corrected chi connectivity index (χ1v) is 8.11. The topological polar surface area (TPSA) is 68.5 Å². The zero-order valence-corrected chi connectivity index (χ0v) is 13.1. The molecule has 0 atom stereocenters. The number of thioether (sulfide) groups is 1. The molecule has 7 heteroatoms. The van der Waals surface area contributed by atoms with E-state index in [0.29, 0.717) is 11.5 Å². The molecule has 0 spiro atoms. The van der Waals surface area contributed by atoms with Crippen molar-refractivity contribution in [3.8, 4) is 0 Å². The number of anilines is 1. The smallest absolute Gasteiger partial charge is 0.373 e. The third kappa shape index (κ3) is 3.41. The number of nitrogens with zero attached hydrogens (tertiary/aromatic N) is 3. The van der Waals surface area contributed by atoms with Crippen LogP contribution >= 0.6 is 11.8 Å². The lowest BCUT2D eigenvalue weighted by Gasteiger charge is -2.16. The van der Waals surface area contributed by atoms with E-state index in [-0.39, 0.29) is 5.76 Å². The number of carbonyl (C=O) groups is 1. The second kappa shape index (κ2) is 6.83. The number of aromatic nitrogens is 2. The molecule has 3 rings (SSSR count). The van der Waals surface area contributed by atoms with E-state index in [1.807, 2.05) is 6.07 Å². The number of esters is 1. The molecule has 3 heterocycles. The quantitative estimate of drug-likeness (QED) is 0.477. The molecule has 1 fully saturated rings. The maximum absolute atomic E-state index is 11.3. The molecule has 2 aromatic heterocycles. The number of rotatable bonds is 5. The summed E-state index contributed by atoms with van der Waals surface area (Å²) in [5.74, 6) is 2.05. The van der Waals surface area contributed by atoms with Crippen molar-refractivity contribution in [3.05, 3.63) is 36.0 Å². The average Bonchev–Trinajstić information content (AvgIpc) is 3.24. The number of carbonyl (C=O) groups excluding carboxylic acids is 1. The molecule has 116 valence electrons. The molecule has 0 unspecified atom stereocenters. The fourth-order valence-corrected chi connectivity index (χ4v) is 3.09. The van der Waals surface area contributed by atoms with Crippen LogP contribution in [0.2, 0.25) is 0 Å². The Hall–Kier alpha value is -2.02. The van der Waals surface area contributed by atoms with E-state index in [9.17, 15) is 4.79 Å². The molecule has 1 aliphatic rings. The van der Waals surface area contributed by atoms with Crippen LogP contribution in [0.25, 0.3) is 0 Å². The molecule has 1 saturated heterocycles. The highest BCUT2D eigenvalue weighted by atomic mass is 32.2. The molecule has 0 aromatic carbocycles. The van der Waals surface area contributed by atoms with Gasteiger partial charge in [-0.25, -0.2) is 14.8 Å². The lowest BCUT2D eigenvalue weighted by atomic mass is 10.4. The maximum Gasteiger partial charge on any atom is 0.373 e. The van der Waals surface area contributed by atoms with E-state index in [4.69, 9.17) is 4.42 Å². The highest BCUT2D eigenvalue weighted by Gasteiger charge is 2.15. The molecule has 0 radical (unpaired) electrons. The minimum atomic E-state index is -0.463. The van der Waals surface area contributed by atoms with Gasteiger partial charge in [0.05, 0.1) is 12.9 Å². The molecule has 0 aliphatic carbocycles. The van der Waals surface area contributed by atoms with Gasteiger partial charge in [0.25, 0.3) is 0 Å². The van der Waals surface area contributed by atoms with Crippen molar-refractivity contribution < 1.29 is 13.9 Å². The second-order valence-corrected chi connectivity index (χ2v) is 5.95. The van der Waals surface area contributed by atoms with Crippen LogP contribution in [0.4, 0.5) is 5.82 Å². The number of ether oxygens (including phenoxy) is 1. The largest absolute Gasteiger partial charge is 0.463 e. The first kappa shape index (κ1) is 14.9. The third-order valence-electron chi connectivity index (χ3n) is 3.47. The molecule has 6 nitrogen and oxygen atoms in total. The summed E-state index contributed by atoms with van der Waals surface area (Å²) in [6, 6.07) is 5.40. The van der Waals surface area contributed by atoms with Crippen LogP contribution in [-0.2, 0) is 10.5 Å². The number of methoxy groups -OCH3 is 1. The van der Waals surface area contributed by atoms with Crippen LogP contribution in [-0.4, -0.2) is 36.1 Å². The fraction of sp³-hybridized carbons (Fsp3) is 0.400. The summed E-state index contributed by atoms with van der Waals surface area (Å²) in [5.41, 5.74) is 0. The predicted octanol–water partition coefficient (Wildman–Crippen LogP) is 2.75. The van der Waals surface area contributed by atoms with E-state index in [1.165, 1.54) is 20.0 Å². The lowest BCUT2D eigenvalue weighted by Crippen LogP contribution is -2.18. The van der Waals surface area contributed by atoms with Gasteiger partial charge in [-0.1, -0.05) is 11.8 Å². The highest BCUT2D eigenvalue weighted by Crippen LogP contribution is 2.25. The van der Waals surface area contributed by atoms with Gasteiger partial charge in [-0.15, -0.1) is 0 Å². The van der Waals surface area contributed by atoms with Gasteiger partial charge in [0, 0.05) is 19.2 Å². The Balaban J connectivity index is 1.62. The Morgan fingerprint density at radius 3 is 2.95 bits per heavy atom. The van der Waals surface area contributed by atoms with Gasteiger partial charge in [-0.2, -0.15) is 0 Å². The van der Waals surface area contributed by atoms with Crippen molar-refractivity contribution in [2.24, 2.45) is 0 Å². The number of hydrogen-bond acceptors (Lipinski definition) is 7. The van der Waals surface area contributed by atoms with Crippen LogP contribution in [0.1, 0.15) is 29.2 Å². The summed E-state index contributed by atoms with van der Waals surface area (Å²) in [5, 5.41) is 0.896. The van der Waals surface area contributed by atoms with Crippen LogP contribution in [0, 0.1) is 0 Å². The van der Waals surface area contributed by atoms with Gasteiger partial charge in [-0.05, 0) is 25.0 Å². The molecule has 0 saturated carbocycles. The van der Waals surface area contributed by atoms with E-state index < -0.39 is 5.97 Å². The summed E-state index contributed by atoms with van der Waals surface area (Å²) in [7, 11) is 1.33. The summed E-state index contributed by atoms with van der Waals surface area (Å²) < 4.78 is 10.1. The first-order chi connectivity index (χ1) is 10.8. The Morgan fingerprint density at radius 2 is 2.18 bits per heavy atom. The number of hydrogen-bond donors (Lipinski definition) is 0. The normalized spacial score (nSPS) is 14.3. The standard InChI is InChI=1S/C15H17N3O3S/c1-20-15(19)12-5-4-11(21-12)9-22-14-8-13(16-10-17-14)18-6-2-3-7-18/h4-5,8,10H,2-3,6-7,9H2,1H3. The van der Waals surface area contributed by atoms with Gasteiger partial charge in [0.1, 0.15) is 22.9 Å². The van der Waals surface area contributed by atoms with Gasteiger partial charge in [0.15, 0.2) is 0 Å². The molecule has 0 bridgehead atoms. The van der Waals surface area contributed by atoms with Crippen LogP contribution in [0.15, 0.2) is 34.0 Å². The van der Waals surface area contributed by atoms with Gasteiger partial charge >= 0.3 is 5.97 Å². The summed E-state index contributed by atoms with van der Waals surface area (Å²) in [4.78, 5) is 22.2. The van der Waals surface area contributed by atoms with E-state index >= 15 is 0 Å². The monoisotopic (exact) mass is 319 g/mol. The van der Waals surface area contributed by atoms with Gasteiger partial charge in [-0.3, -0.25) is 0 Å². The zero-order chi connectivity index (χ0) is 15.4. The molecule has 0 amide bonds. The van der Waals surface area contributed by atoms with Crippen LogP contribution < -0.4 is 4.90 Å². The van der Waals surface area contributed by atoms with E-state index in [1.54, 1.807) is 30.2 Å². The lowest BCUT2D eigenvalue weighted by molar-refractivity contribution is 0.0563. The third-order valence-corrected chi connectivity index (χ3v) is 4.42. The predicted molar refractivity (Wildman–Crippen MR) is 83.1 cm³/mol. The van der Waals surface area contributed by atoms with Crippen molar-refractivity contribution in [1.82, 2.24) is 9.97 Å². The zero-order valence-electron chi connectivity index (χ0n) is 12.3. The molecule has 2 aromatic rings. The van der Waals surface area contributed by atoms with Crippen molar-refractivity contribution in [2.45, 2.75) is 23.6 Å². The fourth-order valence-electron chi connectivity index (χ4n) is 2.34. The molecule has 0 N–H and O–H groups in total. The Labute approximate surface area is 132 Å². The SMILES string of the molecule is COC(=O)c1ccc(CSc2cc(N3CCCC3)ncn2)o1. The second-order valence-electron chi connectivity index (χ2n) is 4.95. The summed E-state index contributed by atoms with van der Waals surface area (Å²) in [6.07, 6.45) is 4.03. The van der Waals surface area contributed by atoms with Crippen molar-refractivity contribution >= 4 is 23.5 Å². The summed E-state index contributed by atoms with van der Waals surface area (Å²) >= 11 is 1.56. The molecule has 1 aliphatic heterocycles. The van der Waals surface area contributed by atoms with E-state index in [0.717, 1.165) is 23.9 Å². The van der Waals surface area contributed by atoms with E-state index in [2.05, 4.69) is 19.6 Å². The number of furan rings is 1. The maximum atomic E-state index is 11.3. The Bertz CT molecular complexity index is 653. The van der Waals surface area contributed by atoms with Crippen molar-refractivity contribution in [3.63, 3.8) is 0 Å². The highest BCUT2D eigenvalue weighted by molar-refractivity contribution is 7.98. The Morgan fingerprint density at radius 1 is 1.36 bits per heavy atom. The van der Waals surface area contributed by atoms with Crippen LogP contribution in [0.5, 0.6) is 0 Å². The molecule has 22 heavy (non-hydrogen) atoms. The first-order valence-electron chi connectivity index (χ1n) is 7.13. The van der Waals surface area contributed by atoms with Gasteiger partial charge < -0.3 is 14.1 Å². The Kier molecular flexibility index (Phi) is 4.62. The molecular formula is C15H17N3O3S. The van der Waals surface area contributed by atoms with Crippen molar-refractivity contribution in [2.75, 3.05) is 25.1 Å². The van der Waals surface area contributed by atoms with Gasteiger partial charge in [0.2, 0.25) is 5.76 Å². The van der Waals surface area contributed by atoms with Crippen LogP contribution in [0.3, 0.4) is 0 Å². The molecular weight excluding hydrogens is 302 g/mol. The summed E-state index contributed by atoms with van der Waals surface area (Å²) in [6.45, 7) is 2.11. The average molecular weight is 319 g/mol.